The van der Waals surface area contributed by atoms with Gasteiger partial charge in [0.25, 0.3) is 5.56 Å². The lowest BCUT2D eigenvalue weighted by atomic mass is 10.5. The predicted molar refractivity (Wildman–Crippen MR) is 45.7 cm³/mol. The van der Waals surface area contributed by atoms with Crippen molar-refractivity contribution in [2.24, 2.45) is 0 Å². The van der Waals surface area contributed by atoms with Crippen LogP contribution < -0.4 is 11.3 Å². The van der Waals surface area contributed by atoms with Crippen LogP contribution in [0.2, 0.25) is 0 Å². The molecule has 8 heteroatoms. The minimum absolute atomic E-state index is 0.0783. The lowest BCUT2D eigenvalue weighted by Gasteiger charge is -1.89. The molecule has 0 saturated heterocycles. The second-order valence-corrected chi connectivity index (χ2v) is 2.05. The molecule has 0 unspecified atom stereocenters. The number of hydrogen-bond acceptors (Lipinski definition) is 6. The maximum atomic E-state index is 11.0. The van der Waals surface area contributed by atoms with Crippen LogP contribution in [0, 0.1) is 9.93 Å². The summed E-state index contributed by atoms with van der Waals surface area (Å²) in [5.41, 5.74) is 5.65. The molecule has 0 radical (unpaired) electrons. The van der Waals surface area contributed by atoms with Crippen LogP contribution in [0.5, 0.6) is 0 Å². The van der Waals surface area contributed by atoms with Gasteiger partial charge in [0.2, 0.25) is 5.95 Å². The van der Waals surface area contributed by atoms with Crippen molar-refractivity contribution in [1.82, 2.24) is 19.9 Å². The van der Waals surface area contributed by atoms with E-state index in [0.29, 0.717) is 11.2 Å². The largest absolute Gasteiger partial charge is 0.369 e. The molecule has 2 aromatic rings. The van der Waals surface area contributed by atoms with Gasteiger partial charge < -0.3 is 10.7 Å². The van der Waals surface area contributed by atoms with E-state index in [4.69, 9.17) is 15.7 Å². The number of aromatic nitrogens is 4. The number of nitrogens with two attached hydrogens (primary N) is 1. The van der Waals surface area contributed by atoms with E-state index in [-0.39, 0.29) is 11.5 Å². The van der Waals surface area contributed by atoms with Gasteiger partial charge in [0, 0.05) is 9.93 Å². The Morgan fingerprint density at radius 1 is 1.38 bits per heavy atom. The molecule has 2 rings (SSSR count). The number of aromatic amines is 2. The molecule has 8 nitrogen and oxygen atoms in total. The molecule has 13 heavy (non-hydrogen) atoms. The molecule has 0 atom stereocenters. The fourth-order valence-electron chi connectivity index (χ4n) is 0.860. The van der Waals surface area contributed by atoms with E-state index in [0.717, 1.165) is 0 Å². The normalized spacial score (nSPS) is 9.23. The van der Waals surface area contributed by atoms with Crippen LogP contribution in [0.4, 0.5) is 5.95 Å². The number of anilines is 1. The van der Waals surface area contributed by atoms with Gasteiger partial charge in [0.1, 0.15) is 0 Å². The van der Waals surface area contributed by atoms with Gasteiger partial charge in [-0.3, -0.25) is 9.78 Å². The molecule has 0 fully saturated rings. The van der Waals surface area contributed by atoms with Crippen molar-refractivity contribution < 1.29 is 0 Å². The molecule has 0 bridgehead atoms. The number of nitrogens with one attached hydrogen (secondary N) is 2. The maximum Gasteiger partial charge on any atom is 0.278 e. The molecule has 0 aliphatic carbocycles. The first-order chi connectivity index (χ1) is 6.27. The third-order valence-corrected chi connectivity index (χ3v) is 1.31. The Morgan fingerprint density at radius 2 is 2.08 bits per heavy atom. The minimum atomic E-state index is -0.301. The third-order valence-electron chi connectivity index (χ3n) is 1.31. The molecule has 0 saturated carbocycles. The molecule has 68 valence electrons. The Hall–Kier alpha value is -2.25. The Kier molecular flexibility index (Phi) is 2.33. The van der Waals surface area contributed by atoms with Crippen LogP contribution in [0.3, 0.4) is 0 Å². The van der Waals surface area contributed by atoms with Crippen molar-refractivity contribution in [2.45, 2.75) is 0 Å². The van der Waals surface area contributed by atoms with Gasteiger partial charge >= 0.3 is 0 Å². The van der Waals surface area contributed by atoms with Crippen LogP contribution in [0.1, 0.15) is 0 Å². The second-order valence-electron chi connectivity index (χ2n) is 2.05. The van der Waals surface area contributed by atoms with Crippen LogP contribution >= 0.6 is 0 Å². The van der Waals surface area contributed by atoms with Crippen LogP contribution in [0.15, 0.2) is 11.1 Å². The Balaban J connectivity index is 0.000000396. The van der Waals surface area contributed by atoms with Crippen molar-refractivity contribution in [1.29, 1.82) is 0 Å². The number of H-pyrrole nitrogens is 2. The fraction of sp³-hybridized carbons (Fsp3) is 0. The quantitative estimate of drug-likeness (QED) is 0.494. The maximum absolute atomic E-state index is 11.0. The van der Waals surface area contributed by atoms with E-state index in [1.165, 1.54) is 6.33 Å². The van der Waals surface area contributed by atoms with Gasteiger partial charge in [-0.05, 0) is 0 Å². The van der Waals surface area contributed by atoms with Gasteiger partial charge in [0.15, 0.2) is 11.2 Å². The van der Waals surface area contributed by atoms with E-state index < -0.39 is 0 Å². The van der Waals surface area contributed by atoms with E-state index in [1.54, 1.807) is 0 Å². The summed E-state index contributed by atoms with van der Waals surface area (Å²) in [5, 5.41) is 0. The standard InChI is InChI=1S/C5H5N5O.O2/c6-5-9-3-2(4(11)10-5)7-1-8-3;1-2/h1H,(H4,6,7,8,9,10,11);. The highest BCUT2D eigenvalue weighted by atomic mass is 16.7. The van der Waals surface area contributed by atoms with Gasteiger partial charge in [-0.2, -0.15) is 4.98 Å². The zero-order chi connectivity index (χ0) is 9.84. The second kappa shape index (κ2) is 3.43. The molecule has 2 heterocycles. The number of hydrogen-bond donors (Lipinski definition) is 3. The zero-order valence-corrected chi connectivity index (χ0v) is 6.27. The molecule has 0 spiro atoms. The highest BCUT2D eigenvalue weighted by molar-refractivity contribution is 5.69. The summed E-state index contributed by atoms with van der Waals surface area (Å²) in [6, 6.07) is 0. The van der Waals surface area contributed by atoms with Crippen molar-refractivity contribution in [3.05, 3.63) is 26.6 Å². The fourth-order valence-corrected chi connectivity index (χ4v) is 0.860. The SMILES string of the molecule is Nc1nc2nc[nH]c2c(=O)[nH]1.O=O. The van der Waals surface area contributed by atoms with Crippen molar-refractivity contribution in [3.63, 3.8) is 0 Å². The van der Waals surface area contributed by atoms with E-state index in [1.807, 2.05) is 0 Å². The van der Waals surface area contributed by atoms with Gasteiger partial charge in [-0.15, -0.1) is 0 Å². The molecular weight excluding hydrogens is 178 g/mol. The van der Waals surface area contributed by atoms with E-state index >= 15 is 0 Å². The lowest BCUT2D eigenvalue weighted by molar-refractivity contribution is 1.17. The summed E-state index contributed by atoms with van der Waals surface area (Å²) in [6.07, 6.45) is 1.40. The first-order valence-electron chi connectivity index (χ1n) is 3.13. The summed E-state index contributed by atoms with van der Waals surface area (Å²) < 4.78 is 0. The number of nitrogen functional groups attached to an aromatic ring is 1. The van der Waals surface area contributed by atoms with E-state index in [9.17, 15) is 4.79 Å². The van der Waals surface area contributed by atoms with Gasteiger partial charge in [-0.25, -0.2) is 4.98 Å². The predicted octanol–water partition coefficient (Wildman–Crippen LogP) is -0.705. The monoisotopic (exact) mass is 183 g/mol. The molecule has 0 aromatic carbocycles. The topological polar surface area (TPSA) is 135 Å². The number of nitrogens with zero attached hydrogens (tertiary/aromatic N) is 2. The zero-order valence-electron chi connectivity index (χ0n) is 6.27. The van der Waals surface area contributed by atoms with E-state index in [2.05, 4.69) is 19.9 Å². The molecular formula is C5H5N5O3. The average molecular weight is 183 g/mol. The Labute approximate surface area is 70.4 Å². The van der Waals surface area contributed by atoms with Gasteiger partial charge in [-0.1, -0.05) is 0 Å². The molecule has 0 amide bonds. The highest BCUT2D eigenvalue weighted by Crippen LogP contribution is 1.98. The summed E-state index contributed by atoms with van der Waals surface area (Å²) in [5.74, 6) is 0.0783. The summed E-state index contributed by atoms with van der Waals surface area (Å²) in [4.78, 5) is 37.5. The number of fused-ring (bicyclic) bond motifs is 1. The van der Waals surface area contributed by atoms with Crippen molar-refractivity contribution >= 4 is 17.1 Å². The average Bonchev–Trinajstić information content (AvgIpc) is 2.55. The Morgan fingerprint density at radius 3 is 2.77 bits per heavy atom. The number of rotatable bonds is 0. The highest BCUT2D eigenvalue weighted by Gasteiger charge is 2.01. The van der Waals surface area contributed by atoms with Gasteiger partial charge in [0.05, 0.1) is 6.33 Å². The van der Waals surface area contributed by atoms with Crippen molar-refractivity contribution in [3.8, 4) is 0 Å². The summed E-state index contributed by atoms with van der Waals surface area (Å²) >= 11 is 0. The summed E-state index contributed by atoms with van der Waals surface area (Å²) in [6.45, 7) is 0. The van der Waals surface area contributed by atoms with Crippen molar-refractivity contribution in [2.75, 3.05) is 5.73 Å². The Bertz CT molecular complexity index is 460. The first-order valence-corrected chi connectivity index (χ1v) is 3.13. The summed E-state index contributed by atoms with van der Waals surface area (Å²) in [7, 11) is 0. The van der Waals surface area contributed by atoms with Crippen LogP contribution in [-0.4, -0.2) is 19.9 Å². The van der Waals surface area contributed by atoms with Crippen LogP contribution in [-0.2, 0) is 0 Å². The molecule has 0 aliphatic heterocycles. The first kappa shape index (κ1) is 8.84. The minimum Gasteiger partial charge on any atom is -0.369 e. The smallest absolute Gasteiger partial charge is 0.278 e. The molecule has 0 aliphatic rings. The van der Waals surface area contributed by atoms with Crippen LogP contribution in [0.25, 0.3) is 11.2 Å². The third kappa shape index (κ3) is 1.50. The number of imidazole rings is 1. The molecule has 4 N–H and O–H groups in total. The molecule has 2 aromatic heterocycles. The lowest BCUT2D eigenvalue weighted by Crippen LogP contribution is -2.10.